The van der Waals surface area contributed by atoms with Crippen LogP contribution in [0, 0.1) is 0 Å². The van der Waals surface area contributed by atoms with Crippen molar-refractivity contribution in [3.63, 3.8) is 0 Å². The molecule has 0 spiro atoms. The van der Waals surface area contributed by atoms with Crippen molar-refractivity contribution in [1.82, 2.24) is 10.3 Å². The van der Waals surface area contributed by atoms with Crippen LogP contribution in [0.3, 0.4) is 0 Å². The third-order valence-corrected chi connectivity index (χ3v) is 4.14. The number of nitrogens with zero attached hydrogens (tertiary/aromatic N) is 2. The maximum absolute atomic E-state index is 11.6. The molecular formula is C15H22N4O. The van der Waals surface area contributed by atoms with Crippen LogP contribution in [0.2, 0.25) is 0 Å². The molecule has 1 aliphatic heterocycles. The Morgan fingerprint density at radius 3 is 2.90 bits per heavy atom. The van der Waals surface area contributed by atoms with E-state index in [1.807, 2.05) is 0 Å². The molecule has 3 rings (SSSR count). The normalized spacial score (nSPS) is 22.5. The fraction of sp³-hybridized carbons (Fsp3) is 0.600. The number of anilines is 1. The quantitative estimate of drug-likeness (QED) is 0.849. The lowest BCUT2D eigenvalue weighted by Crippen LogP contribution is -2.45. The first-order valence-electron chi connectivity index (χ1n) is 7.50. The highest BCUT2D eigenvalue weighted by Gasteiger charge is 2.33. The molecule has 1 saturated carbocycles. The highest BCUT2D eigenvalue weighted by Crippen LogP contribution is 2.32. The number of nitrogens with one attached hydrogen (secondary N) is 1. The molecule has 1 unspecified atom stereocenters. The number of hydrogen-bond donors (Lipinski definition) is 2. The Kier molecular flexibility index (Phi) is 3.87. The van der Waals surface area contributed by atoms with Crippen LogP contribution in [0.25, 0.3) is 0 Å². The van der Waals surface area contributed by atoms with E-state index in [1.54, 1.807) is 18.3 Å². The first kappa shape index (κ1) is 13.4. The van der Waals surface area contributed by atoms with Crippen LogP contribution < -0.4 is 16.0 Å². The van der Waals surface area contributed by atoms with Gasteiger partial charge in [-0.1, -0.05) is 6.42 Å². The standard InChI is InChI=1S/C15H22N4O/c16-14(20)13-5-3-9-18-15(13)19(12-6-7-12)10-11-4-1-2-8-17-11/h3,5,9,11-12,17H,1-2,4,6-8,10H2,(H2,16,20). The summed E-state index contributed by atoms with van der Waals surface area (Å²) in [6.45, 7) is 2.01. The number of primary amides is 1. The van der Waals surface area contributed by atoms with Crippen LogP contribution in [0.5, 0.6) is 0 Å². The molecule has 0 bridgehead atoms. The molecule has 2 aliphatic rings. The van der Waals surface area contributed by atoms with Crippen molar-refractivity contribution < 1.29 is 4.79 Å². The highest BCUT2D eigenvalue weighted by atomic mass is 16.1. The first-order chi connectivity index (χ1) is 9.75. The summed E-state index contributed by atoms with van der Waals surface area (Å²) in [5, 5.41) is 3.57. The van der Waals surface area contributed by atoms with Gasteiger partial charge in [0.2, 0.25) is 0 Å². The summed E-state index contributed by atoms with van der Waals surface area (Å²) in [4.78, 5) is 18.3. The van der Waals surface area contributed by atoms with E-state index < -0.39 is 5.91 Å². The molecule has 20 heavy (non-hydrogen) atoms. The molecule has 0 radical (unpaired) electrons. The van der Waals surface area contributed by atoms with Crippen molar-refractivity contribution in [2.45, 2.75) is 44.2 Å². The average Bonchev–Trinajstić information content (AvgIpc) is 3.30. The van der Waals surface area contributed by atoms with Gasteiger partial charge in [-0.05, 0) is 44.4 Å². The molecule has 0 aromatic carbocycles. The van der Waals surface area contributed by atoms with Crippen LogP contribution in [-0.4, -0.2) is 36.1 Å². The number of nitrogens with two attached hydrogens (primary N) is 1. The first-order valence-corrected chi connectivity index (χ1v) is 7.50. The summed E-state index contributed by atoms with van der Waals surface area (Å²) < 4.78 is 0. The highest BCUT2D eigenvalue weighted by molar-refractivity contribution is 5.97. The summed E-state index contributed by atoms with van der Waals surface area (Å²) in [6, 6.07) is 4.56. The van der Waals surface area contributed by atoms with Gasteiger partial charge in [-0.15, -0.1) is 0 Å². The van der Waals surface area contributed by atoms with Gasteiger partial charge in [0, 0.05) is 24.8 Å². The van der Waals surface area contributed by atoms with E-state index in [0.29, 0.717) is 17.6 Å². The molecule has 1 aliphatic carbocycles. The lowest BCUT2D eigenvalue weighted by Gasteiger charge is -2.32. The Morgan fingerprint density at radius 1 is 1.40 bits per heavy atom. The van der Waals surface area contributed by atoms with Crippen LogP contribution in [0.4, 0.5) is 5.82 Å². The topological polar surface area (TPSA) is 71.2 Å². The van der Waals surface area contributed by atoms with Crippen LogP contribution in [0.1, 0.15) is 42.5 Å². The number of carbonyl (C=O) groups is 1. The number of amides is 1. The zero-order valence-corrected chi connectivity index (χ0v) is 11.7. The second-order valence-electron chi connectivity index (χ2n) is 5.77. The number of pyridine rings is 1. The van der Waals surface area contributed by atoms with Gasteiger partial charge < -0.3 is 16.0 Å². The number of piperidine rings is 1. The summed E-state index contributed by atoms with van der Waals surface area (Å²) in [7, 11) is 0. The van der Waals surface area contributed by atoms with E-state index in [4.69, 9.17) is 5.73 Å². The van der Waals surface area contributed by atoms with Crippen molar-refractivity contribution in [1.29, 1.82) is 0 Å². The summed E-state index contributed by atoms with van der Waals surface area (Å²) in [5.74, 6) is 0.366. The van der Waals surface area contributed by atoms with Crippen LogP contribution in [0.15, 0.2) is 18.3 Å². The monoisotopic (exact) mass is 274 g/mol. The summed E-state index contributed by atoms with van der Waals surface area (Å²) in [6.07, 6.45) is 7.84. The zero-order valence-electron chi connectivity index (χ0n) is 11.7. The van der Waals surface area contributed by atoms with Gasteiger partial charge in [0.05, 0.1) is 5.56 Å². The molecule has 108 valence electrons. The fourth-order valence-corrected chi connectivity index (χ4v) is 2.93. The SMILES string of the molecule is NC(=O)c1cccnc1N(CC1CCCCN1)C1CC1. The van der Waals surface area contributed by atoms with Crippen molar-refractivity contribution in [2.75, 3.05) is 18.0 Å². The molecule has 1 aromatic rings. The molecule has 1 saturated heterocycles. The number of aromatic nitrogens is 1. The smallest absolute Gasteiger partial charge is 0.252 e. The maximum Gasteiger partial charge on any atom is 0.252 e. The second-order valence-corrected chi connectivity index (χ2v) is 5.77. The minimum atomic E-state index is -0.393. The van der Waals surface area contributed by atoms with Gasteiger partial charge in [0.1, 0.15) is 5.82 Å². The van der Waals surface area contributed by atoms with E-state index in [0.717, 1.165) is 18.9 Å². The largest absolute Gasteiger partial charge is 0.365 e. The van der Waals surface area contributed by atoms with Gasteiger partial charge in [-0.2, -0.15) is 0 Å². The number of hydrogen-bond acceptors (Lipinski definition) is 4. The Morgan fingerprint density at radius 2 is 2.25 bits per heavy atom. The molecule has 3 N–H and O–H groups in total. The van der Waals surface area contributed by atoms with Gasteiger partial charge in [0.25, 0.3) is 5.91 Å². The second kappa shape index (κ2) is 5.79. The zero-order chi connectivity index (χ0) is 13.9. The van der Waals surface area contributed by atoms with Crippen LogP contribution >= 0.6 is 0 Å². The lowest BCUT2D eigenvalue weighted by molar-refractivity contribution is 0.100. The lowest BCUT2D eigenvalue weighted by atomic mass is 10.0. The predicted octanol–water partition coefficient (Wildman–Crippen LogP) is 1.29. The molecule has 1 amide bonds. The van der Waals surface area contributed by atoms with Gasteiger partial charge >= 0.3 is 0 Å². The summed E-state index contributed by atoms with van der Waals surface area (Å²) in [5.41, 5.74) is 6.02. The molecule has 1 aromatic heterocycles. The Bertz CT molecular complexity index is 481. The Labute approximate surface area is 119 Å². The molecule has 5 heteroatoms. The number of rotatable bonds is 5. The van der Waals surface area contributed by atoms with Crippen molar-refractivity contribution in [3.05, 3.63) is 23.9 Å². The summed E-state index contributed by atoms with van der Waals surface area (Å²) >= 11 is 0. The van der Waals surface area contributed by atoms with Crippen molar-refractivity contribution in [3.8, 4) is 0 Å². The van der Waals surface area contributed by atoms with E-state index >= 15 is 0 Å². The van der Waals surface area contributed by atoms with Gasteiger partial charge in [-0.25, -0.2) is 4.98 Å². The van der Waals surface area contributed by atoms with Crippen molar-refractivity contribution in [2.24, 2.45) is 5.73 Å². The maximum atomic E-state index is 11.6. The third kappa shape index (κ3) is 2.93. The molecule has 2 fully saturated rings. The third-order valence-electron chi connectivity index (χ3n) is 4.14. The molecular weight excluding hydrogens is 252 g/mol. The fourth-order valence-electron chi connectivity index (χ4n) is 2.93. The predicted molar refractivity (Wildman–Crippen MR) is 78.8 cm³/mol. The minimum absolute atomic E-state index is 0.393. The van der Waals surface area contributed by atoms with Gasteiger partial charge in [-0.3, -0.25) is 4.79 Å². The average molecular weight is 274 g/mol. The van der Waals surface area contributed by atoms with E-state index in [9.17, 15) is 4.79 Å². The van der Waals surface area contributed by atoms with Gasteiger partial charge in [0.15, 0.2) is 0 Å². The van der Waals surface area contributed by atoms with E-state index in [1.165, 1.54) is 32.1 Å². The van der Waals surface area contributed by atoms with E-state index in [2.05, 4.69) is 15.2 Å². The molecule has 2 heterocycles. The van der Waals surface area contributed by atoms with E-state index in [-0.39, 0.29) is 0 Å². The van der Waals surface area contributed by atoms with Crippen molar-refractivity contribution >= 4 is 11.7 Å². The Balaban J connectivity index is 1.81. The molecule has 5 nitrogen and oxygen atoms in total. The minimum Gasteiger partial charge on any atom is -0.365 e. The Hall–Kier alpha value is -1.62. The number of carbonyl (C=O) groups excluding carboxylic acids is 1. The van der Waals surface area contributed by atoms with Crippen LogP contribution in [-0.2, 0) is 0 Å². The molecule has 1 atom stereocenters.